The number of nitrogens with zero attached hydrogens (tertiary/aromatic N) is 2. The first-order valence-corrected chi connectivity index (χ1v) is 9.18. The van der Waals surface area contributed by atoms with Crippen LogP contribution in [0.25, 0.3) is 0 Å². The number of sulfonamides is 1. The van der Waals surface area contributed by atoms with Crippen LogP contribution in [-0.4, -0.2) is 31.3 Å². The van der Waals surface area contributed by atoms with Crippen molar-refractivity contribution in [3.8, 4) is 5.75 Å². The third-order valence-corrected chi connectivity index (χ3v) is 5.90. The molecular weight excluding hydrogens is 352 g/mol. The Kier molecular flexibility index (Phi) is 5.71. The van der Waals surface area contributed by atoms with Crippen LogP contribution in [0.15, 0.2) is 53.3 Å². The van der Waals surface area contributed by atoms with Crippen LogP contribution in [0.2, 0.25) is 0 Å². The lowest BCUT2D eigenvalue weighted by atomic mass is 10.3. The van der Waals surface area contributed by atoms with Crippen LogP contribution in [0.3, 0.4) is 0 Å². The van der Waals surface area contributed by atoms with E-state index in [1.165, 1.54) is 41.0 Å². The number of hydrogen-bond acceptors (Lipinski definition) is 6. The number of hydrogen-bond donors (Lipinski definition) is 0. The molecule has 0 saturated heterocycles. The van der Waals surface area contributed by atoms with Gasteiger partial charge in [-0.3, -0.25) is 10.1 Å². The lowest BCUT2D eigenvalue weighted by molar-refractivity contribution is -0.386. The Balaban J connectivity index is 2.44. The smallest absolute Gasteiger partial charge is 0.312 e. The SMILES string of the molecule is C=CCN(Cc1cccs1)S(=O)(=O)c1ccc(OC)c([N+](=O)[O-])c1. The minimum atomic E-state index is -3.91. The number of nitro benzene ring substituents is 1. The molecule has 0 aliphatic carbocycles. The summed E-state index contributed by atoms with van der Waals surface area (Å²) in [7, 11) is -2.62. The lowest BCUT2D eigenvalue weighted by Gasteiger charge is -2.20. The van der Waals surface area contributed by atoms with E-state index in [9.17, 15) is 18.5 Å². The maximum atomic E-state index is 12.8. The van der Waals surface area contributed by atoms with E-state index < -0.39 is 20.6 Å². The Hall–Kier alpha value is -2.23. The highest BCUT2D eigenvalue weighted by molar-refractivity contribution is 7.89. The first-order valence-electron chi connectivity index (χ1n) is 6.86. The highest BCUT2D eigenvalue weighted by Crippen LogP contribution is 2.31. The number of thiophene rings is 1. The van der Waals surface area contributed by atoms with Gasteiger partial charge < -0.3 is 4.74 Å². The zero-order chi connectivity index (χ0) is 17.7. The van der Waals surface area contributed by atoms with Crippen molar-refractivity contribution in [3.63, 3.8) is 0 Å². The third-order valence-electron chi connectivity index (χ3n) is 3.23. The number of methoxy groups -OCH3 is 1. The van der Waals surface area contributed by atoms with E-state index >= 15 is 0 Å². The van der Waals surface area contributed by atoms with Crippen LogP contribution in [0.4, 0.5) is 5.69 Å². The molecule has 0 radical (unpaired) electrons. The van der Waals surface area contributed by atoms with Crippen LogP contribution in [0.1, 0.15) is 4.88 Å². The van der Waals surface area contributed by atoms with Crippen molar-refractivity contribution in [1.29, 1.82) is 0 Å². The van der Waals surface area contributed by atoms with Gasteiger partial charge in [0.1, 0.15) is 0 Å². The third kappa shape index (κ3) is 3.81. The Morgan fingerprint density at radius 1 is 1.42 bits per heavy atom. The Bertz CT molecular complexity index is 832. The number of ether oxygens (including phenoxy) is 1. The summed E-state index contributed by atoms with van der Waals surface area (Å²) in [6.45, 7) is 3.85. The second-order valence-electron chi connectivity index (χ2n) is 4.76. The van der Waals surface area contributed by atoms with Gasteiger partial charge in [0.25, 0.3) is 0 Å². The van der Waals surface area contributed by atoms with Gasteiger partial charge in [0.2, 0.25) is 10.0 Å². The molecular formula is C15H16N2O5S2. The fraction of sp³-hybridized carbons (Fsp3) is 0.200. The molecule has 24 heavy (non-hydrogen) atoms. The molecule has 1 heterocycles. The highest BCUT2D eigenvalue weighted by atomic mass is 32.2. The summed E-state index contributed by atoms with van der Waals surface area (Å²) in [6, 6.07) is 7.25. The molecule has 0 atom stereocenters. The highest BCUT2D eigenvalue weighted by Gasteiger charge is 2.27. The van der Waals surface area contributed by atoms with Crippen molar-refractivity contribution >= 4 is 27.0 Å². The van der Waals surface area contributed by atoms with Crippen LogP contribution < -0.4 is 4.74 Å². The molecule has 128 valence electrons. The summed E-state index contributed by atoms with van der Waals surface area (Å²) in [5.41, 5.74) is -0.395. The molecule has 2 rings (SSSR count). The molecule has 1 aromatic carbocycles. The van der Waals surface area contributed by atoms with Gasteiger partial charge in [-0.1, -0.05) is 12.1 Å². The molecule has 9 heteroatoms. The molecule has 2 aromatic rings. The predicted molar refractivity (Wildman–Crippen MR) is 91.8 cm³/mol. The van der Waals surface area contributed by atoms with Gasteiger partial charge in [-0.2, -0.15) is 4.31 Å². The van der Waals surface area contributed by atoms with Gasteiger partial charge in [-0.25, -0.2) is 8.42 Å². The van der Waals surface area contributed by atoms with Crippen molar-refractivity contribution in [2.45, 2.75) is 11.4 Å². The standard InChI is InChI=1S/C15H16N2O5S2/c1-3-8-16(11-12-5-4-9-23-12)24(20,21)13-6-7-15(22-2)14(10-13)17(18)19/h3-7,9-10H,1,8,11H2,2H3. The predicted octanol–water partition coefficient (Wildman–Crippen LogP) is 3.04. The average molecular weight is 368 g/mol. The Labute approximate surface area is 144 Å². The molecule has 0 bridgehead atoms. The quantitative estimate of drug-likeness (QED) is 0.406. The second kappa shape index (κ2) is 7.56. The molecule has 0 aliphatic rings. The maximum absolute atomic E-state index is 12.8. The summed E-state index contributed by atoms with van der Waals surface area (Å²) >= 11 is 1.43. The van der Waals surface area contributed by atoms with E-state index in [-0.39, 0.29) is 23.7 Å². The summed E-state index contributed by atoms with van der Waals surface area (Å²) in [6.07, 6.45) is 1.48. The number of nitro groups is 1. The fourth-order valence-electron chi connectivity index (χ4n) is 2.09. The zero-order valence-corrected chi connectivity index (χ0v) is 14.5. The van der Waals surface area contributed by atoms with Gasteiger partial charge in [0.15, 0.2) is 5.75 Å². The number of rotatable bonds is 8. The molecule has 0 N–H and O–H groups in total. The van der Waals surface area contributed by atoms with E-state index in [2.05, 4.69) is 6.58 Å². The summed E-state index contributed by atoms with van der Waals surface area (Å²) in [5, 5.41) is 13.0. The lowest BCUT2D eigenvalue weighted by Crippen LogP contribution is -2.30. The van der Waals surface area contributed by atoms with Crippen molar-refractivity contribution < 1.29 is 18.1 Å². The molecule has 0 spiro atoms. The van der Waals surface area contributed by atoms with Gasteiger partial charge in [0.05, 0.1) is 16.9 Å². The van der Waals surface area contributed by atoms with Crippen LogP contribution in [-0.2, 0) is 16.6 Å². The van der Waals surface area contributed by atoms with Crippen molar-refractivity contribution in [2.75, 3.05) is 13.7 Å². The Morgan fingerprint density at radius 3 is 2.71 bits per heavy atom. The maximum Gasteiger partial charge on any atom is 0.312 e. The minimum absolute atomic E-state index is 0.00692. The topological polar surface area (TPSA) is 89.8 Å². The molecule has 0 saturated carbocycles. The molecule has 0 aliphatic heterocycles. The van der Waals surface area contributed by atoms with E-state index in [0.717, 1.165) is 10.9 Å². The zero-order valence-electron chi connectivity index (χ0n) is 12.9. The van der Waals surface area contributed by atoms with Gasteiger partial charge in [-0.05, 0) is 23.6 Å². The van der Waals surface area contributed by atoms with Gasteiger partial charge >= 0.3 is 5.69 Å². The molecule has 0 amide bonds. The van der Waals surface area contributed by atoms with E-state index in [0.29, 0.717) is 0 Å². The first-order chi connectivity index (χ1) is 11.4. The molecule has 0 fully saturated rings. The molecule has 1 aromatic heterocycles. The van der Waals surface area contributed by atoms with Gasteiger partial charge in [0, 0.05) is 24.0 Å². The normalized spacial score (nSPS) is 11.4. The second-order valence-corrected chi connectivity index (χ2v) is 7.73. The van der Waals surface area contributed by atoms with Crippen molar-refractivity contribution in [1.82, 2.24) is 4.31 Å². The summed E-state index contributed by atoms with van der Waals surface area (Å²) in [4.78, 5) is 11.1. The van der Waals surface area contributed by atoms with Crippen LogP contribution >= 0.6 is 11.3 Å². The summed E-state index contributed by atoms with van der Waals surface area (Å²) < 4.78 is 31.8. The molecule has 7 nitrogen and oxygen atoms in total. The largest absolute Gasteiger partial charge is 0.490 e. The van der Waals surface area contributed by atoms with E-state index in [1.807, 2.05) is 17.5 Å². The van der Waals surface area contributed by atoms with Crippen molar-refractivity contribution in [2.24, 2.45) is 0 Å². The van der Waals surface area contributed by atoms with Crippen LogP contribution in [0.5, 0.6) is 5.75 Å². The summed E-state index contributed by atoms with van der Waals surface area (Å²) in [5.74, 6) is 0.00692. The molecule has 0 unspecified atom stereocenters. The Morgan fingerprint density at radius 2 is 2.17 bits per heavy atom. The monoisotopic (exact) mass is 368 g/mol. The van der Waals surface area contributed by atoms with E-state index in [4.69, 9.17) is 4.74 Å². The van der Waals surface area contributed by atoms with E-state index in [1.54, 1.807) is 0 Å². The van der Waals surface area contributed by atoms with Gasteiger partial charge in [-0.15, -0.1) is 17.9 Å². The average Bonchev–Trinajstić information content (AvgIpc) is 3.06. The minimum Gasteiger partial charge on any atom is -0.490 e. The van der Waals surface area contributed by atoms with Crippen LogP contribution in [0, 0.1) is 10.1 Å². The number of benzene rings is 1. The van der Waals surface area contributed by atoms with Crippen molar-refractivity contribution in [3.05, 3.63) is 63.4 Å². The first kappa shape index (κ1) is 18.1. The fourth-order valence-corrected chi connectivity index (χ4v) is 4.30.